The molecule has 2 N–H and O–H groups in total. The van der Waals surface area contributed by atoms with Gasteiger partial charge in [-0.25, -0.2) is 12.7 Å². The summed E-state index contributed by atoms with van der Waals surface area (Å²) in [5, 5.41) is 0. The summed E-state index contributed by atoms with van der Waals surface area (Å²) in [5.41, 5.74) is 5.36. The first-order valence-electron chi connectivity index (χ1n) is 4.28. The second-order valence-electron chi connectivity index (χ2n) is 3.16. The maximum Gasteiger partial charge on any atom is 0.213 e. The fraction of sp³-hybridized carbons (Fsp3) is 1.00. The highest BCUT2D eigenvalue weighted by atomic mass is 32.2. The van der Waals surface area contributed by atoms with Crippen molar-refractivity contribution < 1.29 is 8.42 Å². The van der Waals surface area contributed by atoms with Gasteiger partial charge in [0.25, 0.3) is 0 Å². The van der Waals surface area contributed by atoms with Crippen LogP contribution in [0.15, 0.2) is 0 Å². The van der Waals surface area contributed by atoms with E-state index in [1.165, 1.54) is 4.31 Å². The Bertz CT molecular complexity index is 232. The smallest absolute Gasteiger partial charge is 0.213 e. The fourth-order valence-electron chi connectivity index (χ4n) is 1.35. The lowest BCUT2D eigenvalue weighted by molar-refractivity contribution is 0.193. The largest absolute Gasteiger partial charge is 0.330 e. The van der Waals surface area contributed by atoms with E-state index in [-0.39, 0.29) is 5.75 Å². The van der Waals surface area contributed by atoms with E-state index in [1.54, 1.807) is 6.92 Å². The zero-order chi connectivity index (χ0) is 9.19. The molecule has 0 aromatic rings. The summed E-state index contributed by atoms with van der Waals surface area (Å²) in [5.74, 6) is 0.707. The lowest BCUT2D eigenvalue weighted by atomic mass is 10.00. The van der Waals surface area contributed by atoms with Crippen LogP contribution in [0.25, 0.3) is 0 Å². The molecule has 0 aromatic heterocycles. The Morgan fingerprint density at radius 2 is 2.08 bits per heavy atom. The van der Waals surface area contributed by atoms with Crippen LogP contribution < -0.4 is 5.73 Å². The van der Waals surface area contributed by atoms with Gasteiger partial charge in [0.2, 0.25) is 10.0 Å². The lowest BCUT2D eigenvalue weighted by Crippen LogP contribution is -2.50. The molecule has 0 saturated carbocycles. The Kier molecular flexibility index (Phi) is 3.09. The van der Waals surface area contributed by atoms with Crippen LogP contribution in [0.4, 0.5) is 0 Å². The number of nitrogens with two attached hydrogens (primary N) is 1. The van der Waals surface area contributed by atoms with Crippen molar-refractivity contribution in [1.82, 2.24) is 4.31 Å². The highest BCUT2D eigenvalue weighted by Gasteiger charge is 2.33. The Morgan fingerprint density at radius 3 is 2.50 bits per heavy atom. The minimum absolute atomic E-state index is 0.211. The molecule has 0 unspecified atom stereocenters. The van der Waals surface area contributed by atoms with Gasteiger partial charge in [-0.3, -0.25) is 0 Å². The molecule has 4 nitrogen and oxygen atoms in total. The van der Waals surface area contributed by atoms with Gasteiger partial charge >= 0.3 is 0 Å². The molecule has 1 aliphatic heterocycles. The van der Waals surface area contributed by atoms with Crippen LogP contribution in [0, 0.1) is 5.92 Å². The average molecular weight is 192 g/mol. The summed E-state index contributed by atoms with van der Waals surface area (Å²) in [6, 6.07) is 0. The van der Waals surface area contributed by atoms with Crippen LogP contribution in [0.5, 0.6) is 0 Å². The van der Waals surface area contributed by atoms with Crippen LogP contribution in [0.2, 0.25) is 0 Å². The van der Waals surface area contributed by atoms with Gasteiger partial charge in [0.05, 0.1) is 5.75 Å². The van der Waals surface area contributed by atoms with Crippen molar-refractivity contribution in [3.8, 4) is 0 Å². The normalized spacial score (nSPS) is 20.8. The van der Waals surface area contributed by atoms with E-state index in [1.807, 2.05) is 0 Å². The van der Waals surface area contributed by atoms with Gasteiger partial charge in [0, 0.05) is 13.1 Å². The highest BCUT2D eigenvalue weighted by Crippen LogP contribution is 2.21. The molecule has 1 rings (SSSR count). The Hall–Kier alpha value is -0.130. The quantitative estimate of drug-likeness (QED) is 0.660. The van der Waals surface area contributed by atoms with Crippen LogP contribution in [-0.2, 0) is 10.0 Å². The molecule has 0 radical (unpaired) electrons. The van der Waals surface area contributed by atoms with Crippen molar-refractivity contribution in [2.75, 3.05) is 25.4 Å². The molecule has 0 spiro atoms. The Labute approximate surface area is 73.8 Å². The summed E-state index contributed by atoms with van der Waals surface area (Å²) in [7, 11) is -2.92. The molecule has 0 aliphatic carbocycles. The summed E-state index contributed by atoms with van der Waals surface area (Å²) < 4.78 is 24.0. The van der Waals surface area contributed by atoms with Gasteiger partial charge in [-0.2, -0.15) is 0 Å². The van der Waals surface area contributed by atoms with Crippen molar-refractivity contribution >= 4 is 10.0 Å². The van der Waals surface area contributed by atoms with Gasteiger partial charge in [-0.05, 0) is 25.8 Å². The van der Waals surface area contributed by atoms with E-state index in [4.69, 9.17) is 5.73 Å². The maximum atomic E-state index is 11.2. The SMILES string of the molecule is CCS(=O)(=O)N1CC(CCN)C1. The molecule has 0 amide bonds. The minimum Gasteiger partial charge on any atom is -0.330 e. The van der Waals surface area contributed by atoms with Crippen LogP contribution >= 0.6 is 0 Å². The number of rotatable bonds is 4. The molecule has 1 saturated heterocycles. The van der Waals surface area contributed by atoms with E-state index in [0.29, 0.717) is 25.6 Å². The zero-order valence-electron chi connectivity index (χ0n) is 7.36. The third kappa shape index (κ3) is 1.97. The molecule has 0 bridgehead atoms. The van der Waals surface area contributed by atoms with E-state index in [9.17, 15) is 8.42 Å². The summed E-state index contributed by atoms with van der Waals surface area (Å²) in [6.45, 7) is 3.68. The van der Waals surface area contributed by atoms with Crippen LogP contribution in [0.1, 0.15) is 13.3 Å². The predicted molar refractivity (Wildman–Crippen MR) is 48.2 cm³/mol. The van der Waals surface area contributed by atoms with E-state index >= 15 is 0 Å². The molecule has 72 valence electrons. The number of nitrogens with zero attached hydrogens (tertiary/aromatic N) is 1. The number of hydrogen-bond acceptors (Lipinski definition) is 3. The van der Waals surface area contributed by atoms with Crippen molar-refractivity contribution in [2.24, 2.45) is 11.7 Å². The molecule has 12 heavy (non-hydrogen) atoms. The standard InChI is InChI=1S/C7H16N2O2S/c1-2-12(10,11)9-5-7(6-9)3-4-8/h7H,2-6,8H2,1H3. The van der Waals surface area contributed by atoms with Crippen molar-refractivity contribution in [2.45, 2.75) is 13.3 Å². The summed E-state index contributed by atoms with van der Waals surface area (Å²) in [4.78, 5) is 0. The average Bonchev–Trinajstić information content (AvgIpc) is 1.95. The second-order valence-corrected chi connectivity index (χ2v) is 5.42. The van der Waals surface area contributed by atoms with E-state index in [2.05, 4.69) is 0 Å². The Morgan fingerprint density at radius 1 is 1.50 bits per heavy atom. The van der Waals surface area contributed by atoms with Crippen LogP contribution in [0.3, 0.4) is 0 Å². The first kappa shape index (κ1) is 9.95. The van der Waals surface area contributed by atoms with Gasteiger partial charge in [0.1, 0.15) is 0 Å². The maximum absolute atomic E-state index is 11.2. The zero-order valence-corrected chi connectivity index (χ0v) is 8.18. The van der Waals surface area contributed by atoms with Gasteiger partial charge in [-0.15, -0.1) is 0 Å². The van der Waals surface area contributed by atoms with Gasteiger partial charge < -0.3 is 5.73 Å². The topological polar surface area (TPSA) is 63.4 Å². The van der Waals surface area contributed by atoms with Gasteiger partial charge in [0.15, 0.2) is 0 Å². The molecule has 1 heterocycles. The van der Waals surface area contributed by atoms with Crippen molar-refractivity contribution in [3.05, 3.63) is 0 Å². The third-order valence-corrected chi connectivity index (χ3v) is 4.07. The number of sulfonamides is 1. The predicted octanol–water partition coefficient (Wildman–Crippen LogP) is -0.383. The molecular weight excluding hydrogens is 176 g/mol. The third-order valence-electron chi connectivity index (χ3n) is 2.26. The van der Waals surface area contributed by atoms with Gasteiger partial charge in [-0.1, -0.05) is 0 Å². The summed E-state index contributed by atoms with van der Waals surface area (Å²) >= 11 is 0. The molecule has 0 atom stereocenters. The first-order valence-corrected chi connectivity index (χ1v) is 5.89. The van der Waals surface area contributed by atoms with E-state index < -0.39 is 10.0 Å². The molecule has 0 aromatic carbocycles. The monoisotopic (exact) mass is 192 g/mol. The molecule has 5 heteroatoms. The summed E-state index contributed by atoms with van der Waals surface area (Å²) in [6.07, 6.45) is 0.940. The second kappa shape index (κ2) is 3.72. The molecule has 1 aliphatic rings. The first-order chi connectivity index (χ1) is 5.60. The van der Waals surface area contributed by atoms with Crippen LogP contribution in [-0.4, -0.2) is 38.1 Å². The fourth-order valence-corrected chi connectivity index (χ4v) is 2.59. The highest BCUT2D eigenvalue weighted by molar-refractivity contribution is 7.89. The molecule has 1 fully saturated rings. The van der Waals surface area contributed by atoms with Crippen molar-refractivity contribution in [3.63, 3.8) is 0 Å². The van der Waals surface area contributed by atoms with E-state index in [0.717, 1.165) is 6.42 Å². The van der Waals surface area contributed by atoms with Crippen molar-refractivity contribution in [1.29, 1.82) is 0 Å². The minimum atomic E-state index is -2.92. The lowest BCUT2D eigenvalue weighted by Gasteiger charge is -2.37. The number of hydrogen-bond donors (Lipinski definition) is 1. The Balaban J connectivity index is 2.34. The molecular formula is C7H16N2O2S.